The van der Waals surface area contributed by atoms with Crippen molar-refractivity contribution in [3.63, 3.8) is 0 Å². The highest BCUT2D eigenvalue weighted by Gasteiger charge is 2.47. The first-order valence-corrected chi connectivity index (χ1v) is 11.8. The Hall–Kier alpha value is -3.25. The van der Waals surface area contributed by atoms with E-state index in [0.29, 0.717) is 16.7 Å². The summed E-state index contributed by atoms with van der Waals surface area (Å²) in [6.07, 6.45) is 6.60. The molecule has 0 aliphatic heterocycles. The molecule has 3 aliphatic rings. The van der Waals surface area contributed by atoms with E-state index in [1.165, 1.54) is 6.20 Å². The summed E-state index contributed by atoms with van der Waals surface area (Å²) in [6, 6.07) is 1.69. The van der Waals surface area contributed by atoms with E-state index in [4.69, 9.17) is 11.6 Å². The van der Waals surface area contributed by atoms with Crippen LogP contribution in [0.2, 0.25) is 5.15 Å². The molecule has 3 saturated carbocycles. The molecular formula is C24H24ClFN6O2. The van der Waals surface area contributed by atoms with Gasteiger partial charge in [-0.2, -0.15) is 5.26 Å². The standard InChI is InChI=1S/C24H24ClFN6O2/c1-10(2)16-13(7-27)20(14-8-28-23-21(14)30-15(25)9-29-23)32-22(18(16)26)31-19-12-5-3-11(4-6-12)17(19)24(33)34/h8-12,17,19H,3-6H2,1-2H3,(H,28,29)(H,31,32)(H,33,34)/t11?,12?,17-,19-/m1/s1. The summed E-state index contributed by atoms with van der Waals surface area (Å²) in [4.78, 5) is 28.2. The van der Waals surface area contributed by atoms with Gasteiger partial charge < -0.3 is 15.4 Å². The maximum Gasteiger partial charge on any atom is 0.308 e. The van der Waals surface area contributed by atoms with Crippen LogP contribution in [0.4, 0.5) is 10.2 Å². The Labute approximate surface area is 200 Å². The van der Waals surface area contributed by atoms with Crippen molar-refractivity contribution in [3.8, 4) is 17.3 Å². The molecular weight excluding hydrogens is 459 g/mol. The fraction of sp³-hybridized carbons (Fsp3) is 0.458. The second-order valence-corrected chi connectivity index (χ2v) is 9.87. The number of nitrogens with one attached hydrogen (secondary N) is 2. The summed E-state index contributed by atoms with van der Waals surface area (Å²) in [5, 5.41) is 23.3. The molecule has 2 bridgehead atoms. The van der Waals surface area contributed by atoms with Crippen LogP contribution in [0.15, 0.2) is 12.4 Å². The Morgan fingerprint density at radius 2 is 2.00 bits per heavy atom. The Kier molecular flexibility index (Phi) is 5.64. The number of halogens is 2. The second-order valence-electron chi connectivity index (χ2n) is 9.48. The van der Waals surface area contributed by atoms with Gasteiger partial charge in [-0.3, -0.25) is 4.79 Å². The number of carboxylic acid groups (broad SMARTS) is 1. The normalized spacial score (nSPS) is 23.9. The number of aliphatic carboxylic acids is 1. The number of aromatic amines is 1. The molecule has 3 aromatic rings. The summed E-state index contributed by atoms with van der Waals surface area (Å²) in [7, 11) is 0. The molecule has 0 radical (unpaired) electrons. The number of fused-ring (bicyclic) bond motifs is 4. The molecule has 3 fully saturated rings. The Bertz CT molecular complexity index is 1330. The molecule has 6 rings (SSSR count). The maximum atomic E-state index is 15.8. The highest BCUT2D eigenvalue weighted by molar-refractivity contribution is 6.29. The topological polar surface area (TPSA) is 128 Å². The number of hydrogen-bond acceptors (Lipinski definition) is 6. The first kappa shape index (κ1) is 22.5. The lowest BCUT2D eigenvalue weighted by atomic mass is 9.61. The van der Waals surface area contributed by atoms with E-state index in [1.54, 1.807) is 20.0 Å². The SMILES string of the molecule is CC(C)c1c(F)c(N[C@@H]2C3CCC(CC3)[C@H]2C(=O)O)nc(-c2c[nH]c3ncc(Cl)nc23)c1C#N. The summed E-state index contributed by atoms with van der Waals surface area (Å²) in [6.45, 7) is 3.61. The highest BCUT2D eigenvalue weighted by atomic mass is 35.5. The Balaban J connectivity index is 1.68. The largest absolute Gasteiger partial charge is 0.481 e. The average molecular weight is 483 g/mol. The minimum absolute atomic E-state index is 0.0363. The fourth-order valence-electron chi connectivity index (χ4n) is 5.75. The summed E-state index contributed by atoms with van der Waals surface area (Å²) >= 11 is 6.06. The molecule has 0 saturated heterocycles. The lowest BCUT2D eigenvalue weighted by molar-refractivity contribution is -0.148. The predicted molar refractivity (Wildman–Crippen MR) is 125 cm³/mol. The van der Waals surface area contributed by atoms with E-state index in [-0.39, 0.29) is 45.5 Å². The van der Waals surface area contributed by atoms with Gasteiger partial charge >= 0.3 is 5.97 Å². The molecule has 34 heavy (non-hydrogen) atoms. The molecule has 8 nitrogen and oxygen atoms in total. The first-order valence-electron chi connectivity index (χ1n) is 11.4. The van der Waals surface area contributed by atoms with Gasteiger partial charge in [0.1, 0.15) is 16.7 Å². The minimum Gasteiger partial charge on any atom is -0.481 e. The van der Waals surface area contributed by atoms with Gasteiger partial charge in [0.05, 0.1) is 23.4 Å². The number of carbonyl (C=O) groups is 1. The molecule has 2 atom stereocenters. The zero-order valence-electron chi connectivity index (χ0n) is 18.8. The third kappa shape index (κ3) is 3.57. The fourth-order valence-corrected chi connectivity index (χ4v) is 5.88. The van der Waals surface area contributed by atoms with Gasteiger partial charge in [0.25, 0.3) is 0 Å². The van der Waals surface area contributed by atoms with E-state index < -0.39 is 23.7 Å². The van der Waals surface area contributed by atoms with Crippen LogP contribution in [0.25, 0.3) is 22.4 Å². The molecule has 0 amide bonds. The third-order valence-electron chi connectivity index (χ3n) is 7.28. The smallest absolute Gasteiger partial charge is 0.308 e. The van der Waals surface area contributed by atoms with Crippen LogP contribution in [0.5, 0.6) is 0 Å². The number of hydrogen-bond donors (Lipinski definition) is 3. The maximum absolute atomic E-state index is 15.8. The molecule has 0 aromatic carbocycles. The van der Waals surface area contributed by atoms with Crippen molar-refractivity contribution in [1.29, 1.82) is 5.26 Å². The quantitative estimate of drug-likeness (QED) is 0.461. The summed E-state index contributed by atoms with van der Waals surface area (Å²) < 4.78 is 15.8. The molecule has 10 heteroatoms. The number of H-pyrrole nitrogens is 1. The number of aromatic nitrogens is 4. The lowest BCUT2D eigenvalue weighted by Gasteiger charge is -2.47. The second kappa shape index (κ2) is 8.51. The molecule has 3 aromatic heterocycles. The van der Waals surface area contributed by atoms with Crippen LogP contribution in [-0.4, -0.2) is 37.1 Å². The number of pyridine rings is 1. The number of carboxylic acids is 1. The van der Waals surface area contributed by atoms with Crippen molar-refractivity contribution in [2.45, 2.75) is 51.5 Å². The van der Waals surface area contributed by atoms with Gasteiger partial charge in [0.2, 0.25) is 0 Å². The predicted octanol–water partition coefficient (Wildman–Crippen LogP) is 5.11. The van der Waals surface area contributed by atoms with Gasteiger partial charge in [-0.25, -0.2) is 19.3 Å². The highest BCUT2D eigenvalue weighted by Crippen LogP contribution is 2.47. The van der Waals surface area contributed by atoms with Crippen molar-refractivity contribution in [1.82, 2.24) is 19.9 Å². The van der Waals surface area contributed by atoms with E-state index in [9.17, 15) is 15.2 Å². The zero-order valence-corrected chi connectivity index (χ0v) is 19.5. The monoisotopic (exact) mass is 482 g/mol. The van der Waals surface area contributed by atoms with Crippen LogP contribution < -0.4 is 5.32 Å². The lowest BCUT2D eigenvalue weighted by Crippen LogP contribution is -2.51. The zero-order chi connectivity index (χ0) is 24.1. The number of anilines is 1. The van der Waals surface area contributed by atoms with Crippen molar-refractivity contribution in [2.75, 3.05) is 5.32 Å². The van der Waals surface area contributed by atoms with Crippen LogP contribution >= 0.6 is 11.6 Å². The van der Waals surface area contributed by atoms with Crippen LogP contribution in [0.1, 0.15) is 56.6 Å². The molecule has 3 heterocycles. The molecule has 0 spiro atoms. The van der Waals surface area contributed by atoms with Crippen molar-refractivity contribution in [3.05, 3.63) is 34.5 Å². The van der Waals surface area contributed by atoms with Crippen LogP contribution in [-0.2, 0) is 4.79 Å². The molecule has 0 unspecified atom stereocenters. The van der Waals surface area contributed by atoms with E-state index in [2.05, 4.69) is 31.3 Å². The number of nitriles is 1. The third-order valence-corrected chi connectivity index (χ3v) is 7.46. The van der Waals surface area contributed by atoms with Crippen LogP contribution in [0.3, 0.4) is 0 Å². The Morgan fingerprint density at radius 1 is 1.29 bits per heavy atom. The minimum atomic E-state index is -0.869. The van der Waals surface area contributed by atoms with Gasteiger partial charge in [-0.1, -0.05) is 25.4 Å². The number of rotatable bonds is 5. The van der Waals surface area contributed by atoms with Gasteiger partial charge in [-0.15, -0.1) is 0 Å². The van der Waals surface area contributed by atoms with Crippen molar-refractivity contribution in [2.24, 2.45) is 17.8 Å². The van der Waals surface area contributed by atoms with E-state index in [1.807, 2.05) is 0 Å². The summed E-state index contributed by atoms with van der Waals surface area (Å²) in [5.74, 6) is -2.24. The van der Waals surface area contributed by atoms with Crippen LogP contribution in [0, 0.1) is 34.9 Å². The average Bonchev–Trinajstić information content (AvgIpc) is 3.22. The van der Waals surface area contributed by atoms with Gasteiger partial charge in [0, 0.05) is 23.4 Å². The summed E-state index contributed by atoms with van der Waals surface area (Å²) in [5.41, 5.74) is 1.96. The molecule has 3 N–H and O–H groups in total. The Morgan fingerprint density at radius 3 is 2.65 bits per heavy atom. The van der Waals surface area contributed by atoms with Crippen molar-refractivity contribution < 1.29 is 14.3 Å². The van der Waals surface area contributed by atoms with Gasteiger partial charge in [-0.05, 0) is 43.4 Å². The number of nitrogens with zero attached hydrogens (tertiary/aromatic N) is 4. The van der Waals surface area contributed by atoms with E-state index >= 15 is 4.39 Å². The van der Waals surface area contributed by atoms with E-state index in [0.717, 1.165) is 25.7 Å². The van der Waals surface area contributed by atoms with Gasteiger partial charge in [0.15, 0.2) is 17.3 Å². The van der Waals surface area contributed by atoms with Crippen molar-refractivity contribution >= 4 is 34.6 Å². The first-order chi connectivity index (χ1) is 16.3. The molecule has 3 aliphatic carbocycles. The molecule has 176 valence electrons.